The molecule has 1 fully saturated rings. The molecule has 2 aromatic carbocycles. The van der Waals surface area contributed by atoms with E-state index in [1.165, 1.54) is 0 Å². The Balaban J connectivity index is 1.56. The molecule has 0 atom stereocenters. The SMILES string of the molecule is O=C1c2ccccc2C(=O)N1OC(=O)C1(Cc2ccc(Cl)cc2)CCCC1. The number of imide groups is 1. The Kier molecular flexibility index (Phi) is 4.48. The van der Waals surface area contributed by atoms with Crippen LogP contribution in [-0.2, 0) is 16.1 Å². The number of amides is 2. The first-order chi connectivity index (χ1) is 13.0. The molecular weight excluding hydrogens is 366 g/mol. The van der Waals surface area contributed by atoms with Crippen LogP contribution >= 0.6 is 11.6 Å². The molecule has 27 heavy (non-hydrogen) atoms. The average Bonchev–Trinajstić information content (AvgIpc) is 3.24. The molecule has 2 aromatic rings. The quantitative estimate of drug-likeness (QED) is 0.742. The summed E-state index contributed by atoms with van der Waals surface area (Å²) in [6.07, 6.45) is 3.64. The lowest BCUT2D eigenvalue weighted by Gasteiger charge is -2.28. The minimum absolute atomic E-state index is 0.258. The van der Waals surface area contributed by atoms with Crippen molar-refractivity contribution in [3.63, 3.8) is 0 Å². The van der Waals surface area contributed by atoms with Crippen molar-refractivity contribution in [2.75, 3.05) is 0 Å². The molecule has 2 amide bonds. The number of carbonyl (C=O) groups is 3. The lowest BCUT2D eigenvalue weighted by molar-refractivity contribution is -0.181. The second kappa shape index (κ2) is 6.82. The summed E-state index contributed by atoms with van der Waals surface area (Å²) >= 11 is 5.94. The van der Waals surface area contributed by atoms with Crippen LogP contribution in [0.25, 0.3) is 0 Å². The number of halogens is 1. The lowest BCUT2D eigenvalue weighted by atomic mass is 9.80. The molecule has 5 nitrogen and oxygen atoms in total. The van der Waals surface area contributed by atoms with Gasteiger partial charge in [-0.3, -0.25) is 9.59 Å². The molecule has 1 aliphatic heterocycles. The largest absolute Gasteiger partial charge is 0.339 e. The molecule has 2 aliphatic rings. The Bertz CT molecular complexity index is 881. The maximum Gasteiger partial charge on any atom is 0.339 e. The zero-order valence-corrected chi connectivity index (χ0v) is 15.4. The van der Waals surface area contributed by atoms with Gasteiger partial charge in [-0.25, -0.2) is 4.79 Å². The van der Waals surface area contributed by atoms with Gasteiger partial charge in [-0.2, -0.15) is 0 Å². The molecule has 1 saturated carbocycles. The van der Waals surface area contributed by atoms with Gasteiger partial charge in [0.05, 0.1) is 16.5 Å². The lowest BCUT2D eigenvalue weighted by Crippen LogP contribution is -2.40. The third kappa shape index (κ3) is 3.12. The Morgan fingerprint density at radius 2 is 1.52 bits per heavy atom. The van der Waals surface area contributed by atoms with E-state index in [0.29, 0.717) is 29.3 Å². The van der Waals surface area contributed by atoms with Crippen LogP contribution < -0.4 is 0 Å². The van der Waals surface area contributed by atoms with Gasteiger partial charge in [0.15, 0.2) is 0 Å². The summed E-state index contributed by atoms with van der Waals surface area (Å²) in [4.78, 5) is 43.4. The van der Waals surface area contributed by atoms with E-state index in [1.807, 2.05) is 12.1 Å². The van der Waals surface area contributed by atoms with Crippen molar-refractivity contribution in [1.29, 1.82) is 0 Å². The molecule has 0 bridgehead atoms. The van der Waals surface area contributed by atoms with Crippen LogP contribution in [0, 0.1) is 5.41 Å². The molecule has 0 aromatic heterocycles. The molecule has 0 N–H and O–H groups in total. The first kappa shape index (κ1) is 17.7. The van der Waals surface area contributed by atoms with Crippen molar-refractivity contribution in [3.05, 3.63) is 70.2 Å². The van der Waals surface area contributed by atoms with Gasteiger partial charge in [-0.15, -0.1) is 0 Å². The van der Waals surface area contributed by atoms with E-state index in [-0.39, 0.29) is 11.1 Å². The Hall–Kier alpha value is -2.66. The molecule has 0 spiro atoms. The molecule has 138 valence electrons. The maximum atomic E-state index is 13.0. The predicted octanol–water partition coefficient (Wildman–Crippen LogP) is 4.20. The molecule has 0 radical (unpaired) electrons. The average molecular weight is 384 g/mol. The van der Waals surface area contributed by atoms with Crippen molar-refractivity contribution in [2.24, 2.45) is 5.41 Å². The van der Waals surface area contributed by atoms with Gasteiger partial charge in [0, 0.05) is 5.02 Å². The highest BCUT2D eigenvalue weighted by Gasteiger charge is 2.47. The molecule has 1 heterocycles. The van der Waals surface area contributed by atoms with Crippen LogP contribution in [0.1, 0.15) is 52.0 Å². The first-order valence-corrected chi connectivity index (χ1v) is 9.33. The van der Waals surface area contributed by atoms with E-state index in [0.717, 1.165) is 18.4 Å². The van der Waals surface area contributed by atoms with E-state index >= 15 is 0 Å². The predicted molar refractivity (Wildman–Crippen MR) is 99.1 cm³/mol. The van der Waals surface area contributed by atoms with Gasteiger partial charge < -0.3 is 4.84 Å². The highest BCUT2D eigenvalue weighted by molar-refractivity contribution is 6.30. The zero-order valence-electron chi connectivity index (χ0n) is 14.6. The van der Waals surface area contributed by atoms with Gasteiger partial charge in [0.1, 0.15) is 0 Å². The van der Waals surface area contributed by atoms with E-state index < -0.39 is 23.2 Å². The van der Waals surface area contributed by atoms with Crippen molar-refractivity contribution in [1.82, 2.24) is 5.06 Å². The normalized spacial score (nSPS) is 17.9. The fraction of sp³-hybridized carbons (Fsp3) is 0.286. The summed E-state index contributed by atoms with van der Waals surface area (Å²) in [6, 6.07) is 13.8. The van der Waals surface area contributed by atoms with Crippen molar-refractivity contribution in [3.8, 4) is 0 Å². The van der Waals surface area contributed by atoms with E-state index in [4.69, 9.17) is 16.4 Å². The number of hydroxylamine groups is 2. The topological polar surface area (TPSA) is 63.7 Å². The van der Waals surface area contributed by atoms with Gasteiger partial charge in [0.25, 0.3) is 11.8 Å². The summed E-state index contributed by atoms with van der Waals surface area (Å²) in [5.41, 5.74) is 0.756. The number of nitrogens with zero attached hydrogens (tertiary/aromatic N) is 1. The number of hydrogen-bond donors (Lipinski definition) is 0. The molecular formula is C21H18ClNO4. The smallest absolute Gasteiger partial charge is 0.329 e. The molecule has 0 unspecified atom stereocenters. The van der Waals surface area contributed by atoms with E-state index in [9.17, 15) is 14.4 Å². The molecule has 4 rings (SSSR count). The Morgan fingerprint density at radius 1 is 0.963 bits per heavy atom. The number of rotatable bonds is 4. The van der Waals surface area contributed by atoms with Gasteiger partial charge in [-0.1, -0.05) is 53.8 Å². The summed E-state index contributed by atoms with van der Waals surface area (Å²) in [7, 11) is 0. The fourth-order valence-corrected chi connectivity index (χ4v) is 4.05. The summed E-state index contributed by atoms with van der Waals surface area (Å²) in [5, 5.41) is 1.24. The maximum absolute atomic E-state index is 13.0. The minimum atomic E-state index is -0.733. The van der Waals surface area contributed by atoms with Crippen LogP contribution in [0.2, 0.25) is 5.02 Å². The zero-order chi connectivity index (χ0) is 19.0. The number of fused-ring (bicyclic) bond motifs is 1. The van der Waals surface area contributed by atoms with Crippen LogP contribution in [0.3, 0.4) is 0 Å². The number of benzene rings is 2. The minimum Gasteiger partial charge on any atom is -0.329 e. The Morgan fingerprint density at radius 3 is 2.07 bits per heavy atom. The molecule has 0 saturated heterocycles. The molecule has 6 heteroatoms. The van der Waals surface area contributed by atoms with Crippen molar-refractivity contribution >= 4 is 29.4 Å². The second-order valence-electron chi connectivity index (χ2n) is 7.12. The summed E-state index contributed by atoms with van der Waals surface area (Å²) in [5.74, 6) is -1.71. The second-order valence-corrected chi connectivity index (χ2v) is 7.56. The Labute approximate surface area is 161 Å². The van der Waals surface area contributed by atoms with Gasteiger partial charge in [0.2, 0.25) is 0 Å². The third-order valence-corrected chi connectivity index (χ3v) is 5.63. The number of hydrogen-bond acceptors (Lipinski definition) is 4. The van der Waals surface area contributed by atoms with Crippen LogP contribution in [0.5, 0.6) is 0 Å². The van der Waals surface area contributed by atoms with Crippen LogP contribution in [0.4, 0.5) is 0 Å². The third-order valence-electron chi connectivity index (χ3n) is 5.38. The monoisotopic (exact) mass is 383 g/mol. The van der Waals surface area contributed by atoms with Gasteiger partial charge in [-0.05, 0) is 49.1 Å². The van der Waals surface area contributed by atoms with Gasteiger partial charge >= 0.3 is 5.97 Å². The fourth-order valence-electron chi connectivity index (χ4n) is 3.93. The highest BCUT2D eigenvalue weighted by atomic mass is 35.5. The highest BCUT2D eigenvalue weighted by Crippen LogP contribution is 2.43. The first-order valence-electron chi connectivity index (χ1n) is 8.95. The van der Waals surface area contributed by atoms with E-state index in [2.05, 4.69) is 0 Å². The standard InChI is InChI=1S/C21H18ClNO4/c22-15-9-7-14(8-10-15)13-21(11-3-4-12-21)20(26)27-23-18(24)16-5-1-2-6-17(16)19(23)25/h1-2,5-10H,3-4,11-13H2. The summed E-state index contributed by atoms with van der Waals surface area (Å²) < 4.78 is 0. The van der Waals surface area contributed by atoms with Crippen molar-refractivity contribution in [2.45, 2.75) is 32.1 Å². The summed E-state index contributed by atoms with van der Waals surface area (Å²) in [6.45, 7) is 0. The van der Waals surface area contributed by atoms with Crippen LogP contribution in [-0.4, -0.2) is 22.8 Å². The van der Waals surface area contributed by atoms with Crippen molar-refractivity contribution < 1.29 is 19.2 Å². The van der Waals surface area contributed by atoms with E-state index in [1.54, 1.807) is 36.4 Å². The number of carbonyl (C=O) groups excluding carboxylic acids is 3. The molecule has 1 aliphatic carbocycles. The van der Waals surface area contributed by atoms with Crippen LogP contribution in [0.15, 0.2) is 48.5 Å².